The predicted molar refractivity (Wildman–Crippen MR) is 124 cm³/mol. The van der Waals surface area contributed by atoms with E-state index in [1.54, 1.807) is 42.9 Å². The molecule has 0 aliphatic rings. The second-order valence-corrected chi connectivity index (χ2v) is 7.70. The number of aromatic nitrogens is 3. The Hall–Kier alpha value is -4.27. The van der Waals surface area contributed by atoms with Gasteiger partial charge in [-0.1, -0.05) is 6.07 Å². The normalized spacial score (nSPS) is 11.2. The molecule has 2 N–H and O–H groups in total. The van der Waals surface area contributed by atoms with Crippen LogP contribution in [0.15, 0.2) is 73.2 Å². The summed E-state index contributed by atoms with van der Waals surface area (Å²) in [5.74, 6) is -0.291. The molecule has 0 radical (unpaired) electrons. The minimum Gasteiger partial charge on any atom is -0.324 e. The van der Waals surface area contributed by atoms with E-state index in [1.165, 1.54) is 13.0 Å². The SMILES string of the molecule is Cc1cc(C(=O)Nc2ccc(C)c(Nc3nccc(-c4cccnc4)n3)c2)cc(C(F)(F)F)c1. The monoisotopic (exact) mass is 463 g/mol. The highest BCUT2D eigenvalue weighted by atomic mass is 19.4. The fourth-order valence-corrected chi connectivity index (χ4v) is 3.33. The van der Waals surface area contributed by atoms with Crippen LogP contribution in [0.3, 0.4) is 0 Å². The van der Waals surface area contributed by atoms with Gasteiger partial charge in [-0.2, -0.15) is 13.2 Å². The molecule has 9 heteroatoms. The van der Waals surface area contributed by atoms with Crippen LogP contribution in [0, 0.1) is 13.8 Å². The fraction of sp³-hybridized carbons (Fsp3) is 0.120. The lowest BCUT2D eigenvalue weighted by Gasteiger charge is -2.13. The van der Waals surface area contributed by atoms with Gasteiger partial charge in [0.25, 0.3) is 5.91 Å². The van der Waals surface area contributed by atoms with Crippen LogP contribution in [0.4, 0.5) is 30.5 Å². The number of nitrogens with one attached hydrogen (secondary N) is 2. The molecule has 0 spiro atoms. The summed E-state index contributed by atoms with van der Waals surface area (Å²) in [6.07, 6.45) is 0.456. The van der Waals surface area contributed by atoms with Crippen LogP contribution in [0.2, 0.25) is 0 Å². The van der Waals surface area contributed by atoms with Crippen LogP contribution >= 0.6 is 0 Å². The maximum absolute atomic E-state index is 13.1. The Kier molecular flexibility index (Phi) is 6.27. The third-order valence-corrected chi connectivity index (χ3v) is 5.02. The molecule has 6 nitrogen and oxygen atoms in total. The van der Waals surface area contributed by atoms with Crippen molar-refractivity contribution in [2.24, 2.45) is 0 Å². The quantitative estimate of drug-likeness (QED) is 0.370. The Morgan fingerprint density at radius 2 is 1.79 bits per heavy atom. The van der Waals surface area contributed by atoms with Crippen molar-refractivity contribution in [3.05, 3.63) is 95.4 Å². The summed E-state index contributed by atoms with van der Waals surface area (Å²) in [6, 6.07) is 13.8. The number of carbonyl (C=O) groups is 1. The summed E-state index contributed by atoms with van der Waals surface area (Å²) in [5, 5.41) is 5.79. The zero-order valence-corrected chi connectivity index (χ0v) is 18.3. The average molecular weight is 463 g/mol. The van der Waals surface area contributed by atoms with E-state index in [0.29, 0.717) is 28.6 Å². The number of halogens is 3. The molecule has 0 saturated carbocycles. The van der Waals surface area contributed by atoms with Gasteiger partial charge in [-0.05, 0) is 73.5 Å². The molecular formula is C25H20F3N5O. The molecule has 2 aromatic heterocycles. The van der Waals surface area contributed by atoms with Crippen molar-refractivity contribution in [2.75, 3.05) is 10.6 Å². The van der Waals surface area contributed by atoms with Crippen molar-refractivity contribution in [3.8, 4) is 11.3 Å². The largest absolute Gasteiger partial charge is 0.416 e. The number of alkyl halides is 3. The van der Waals surface area contributed by atoms with Gasteiger partial charge in [0.1, 0.15) is 0 Å². The van der Waals surface area contributed by atoms with Crippen molar-refractivity contribution in [1.29, 1.82) is 0 Å². The molecule has 0 fully saturated rings. The molecule has 0 unspecified atom stereocenters. The highest BCUT2D eigenvalue weighted by Gasteiger charge is 2.31. The van der Waals surface area contributed by atoms with Crippen LogP contribution in [0.25, 0.3) is 11.3 Å². The Morgan fingerprint density at radius 3 is 2.53 bits per heavy atom. The lowest BCUT2D eigenvalue weighted by atomic mass is 10.1. The Morgan fingerprint density at radius 1 is 0.971 bits per heavy atom. The molecule has 4 rings (SSSR count). The topological polar surface area (TPSA) is 79.8 Å². The highest BCUT2D eigenvalue weighted by molar-refractivity contribution is 6.04. The first-order valence-electron chi connectivity index (χ1n) is 10.3. The summed E-state index contributed by atoms with van der Waals surface area (Å²) in [5.41, 5.74) is 2.84. The van der Waals surface area contributed by atoms with E-state index >= 15 is 0 Å². The molecule has 0 bridgehead atoms. The van der Waals surface area contributed by atoms with E-state index in [2.05, 4.69) is 25.6 Å². The minimum atomic E-state index is -4.54. The first-order valence-corrected chi connectivity index (χ1v) is 10.3. The minimum absolute atomic E-state index is 0.0742. The lowest BCUT2D eigenvalue weighted by molar-refractivity contribution is -0.137. The molecule has 0 saturated heterocycles. The number of amides is 1. The zero-order valence-electron chi connectivity index (χ0n) is 18.3. The van der Waals surface area contributed by atoms with Crippen LogP contribution in [0.5, 0.6) is 0 Å². The number of rotatable bonds is 5. The van der Waals surface area contributed by atoms with Crippen molar-refractivity contribution in [3.63, 3.8) is 0 Å². The Labute approximate surface area is 193 Å². The standard InChI is InChI=1S/C25H20F3N5O/c1-15-10-18(12-19(11-15)25(26,27)28)23(34)31-20-6-5-16(2)22(13-20)33-24-30-9-7-21(32-24)17-4-3-8-29-14-17/h3-14H,1-2H3,(H,31,34)(H,30,32,33). The molecule has 4 aromatic rings. The Balaban J connectivity index is 1.56. The molecule has 0 atom stereocenters. The number of anilines is 3. The molecule has 0 aliphatic carbocycles. The van der Waals surface area contributed by atoms with Crippen LogP contribution in [-0.2, 0) is 6.18 Å². The molecular weight excluding hydrogens is 443 g/mol. The zero-order chi connectivity index (χ0) is 24.3. The fourth-order valence-electron chi connectivity index (χ4n) is 3.33. The van der Waals surface area contributed by atoms with Crippen molar-refractivity contribution < 1.29 is 18.0 Å². The van der Waals surface area contributed by atoms with Crippen molar-refractivity contribution in [1.82, 2.24) is 15.0 Å². The summed E-state index contributed by atoms with van der Waals surface area (Å²) in [4.78, 5) is 25.5. The van der Waals surface area contributed by atoms with Gasteiger partial charge in [0, 0.05) is 41.1 Å². The smallest absolute Gasteiger partial charge is 0.324 e. The number of aryl methyl sites for hydroxylation is 2. The van der Waals surface area contributed by atoms with Crippen LogP contribution in [-0.4, -0.2) is 20.9 Å². The van der Waals surface area contributed by atoms with Gasteiger partial charge in [-0.25, -0.2) is 9.97 Å². The number of nitrogens with zero attached hydrogens (tertiary/aromatic N) is 3. The summed E-state index contributed by atoms with van der Waals surface area (Å²) >= 11 is 0. The summed E-state index contributed by atoms with van der Waals surface area (Å²) in [6.45, 7) is 3.38. The molecule has 34 heavy (non-hydrogen) atoms. The maximum Gasteiger partial charge on any atom is 0.416 e. The van der Waals surface area contributed by atoms with Gasteiger partial charge in [-0.15, -0.1) is 0 Å². The first kappa shape index (κ1) is 22.9. The first-order chi connectivity index (χ1) is 16.2. The van der Waals surface area contributed by atoms with Gasteiger partial charge in [0.05, 0.1) is 11.3 Å². The van der Waals surface area contributed by atoms with E-state index in [-0.39, 0.29) is 5.56 Å². The maximum atomic E-state index is 13.1. The number of carbonyl (C=O) groups excluding carboxylic acids is 1. The molecule has 0 aliphatic heterocycles. The third-order valence-electron chi connectivity index (χ3n) is 5.02. The van der Waals surface area contributed by atoms with Gasteiger partial charge in [-0.3, -0.25) is 9.78 Å². The molecule has 2 heterocycles. The van der Waals surface area contributed by atoms with E-state index in [0.717, 1.165) is 23.3 Å². The van der Waals surface area contributed by atoms with Crippen LogP contribution < -0.4 is 10.6 Å². The number of hydrogen-bond acceptors (Lipinski definition) is 5. The van der Waals surface area contributed by atoms with Crippen LogP contribution in [0.1, 0.15) is 27.0 Å². The van der Waals surface area contributed by atoms with E-state index < -0.39 is 17.6 Å². The van der Waals surface area contributed by atoms with Crippen molar-refractivity contribution in [2.45, 2.75) is 20.0 Å². The van der Waals surface area contributed by atoms with E-state index in [4.69, 9.17) is 0 Å². The van der Waals surface area contributed by atoms with E-state index in [9.17, 15) is 18.0 Å². The average Bonchev–Trinajstić information content (AvgIpc) is 2.81. The van der Waals surface area contributed by atoms with Gasteiger partial charge in [0.2, 0.25) is 5.95 Å². The molecule has 1 amide bonds. The van der Waals surface area contributed by atoms with E-state index in [1.807, 2.05) is 19.1 Å². The number of benzene rings is 2. The van der Waals surface area contributed by atoms with Gasteiger partial charge >= 0.3 is 6.18 Å². The van der Waals surface area contributed by atoms with Gasteiger partial charge < -0.3 is 10.6 Å². The second kappa shape index (κ2) is 9.30. The molecule has 172 valence electrons. The summed E-state index contributed by atoms with van der Waals surface area (Å²) in [7, 11) is 0. The number of pyridine rings is 1. The van der Waals surface area contributed by atoms with Crippen molar-refractivity contribution >= 4 is 23.2 Å². The Bertz CT molecular complexity index is 1340. The molecule has 2 aromatic carbocycles. The lowest BCUT2D eigenvalue weighted by Crippen LogP contribution is -2.14. The summed E-state index contributed by atoms with van der Waals surface area (Å²) < 4.78 is 39.4. The highest BCUT2D eigenvalue weighted by Crippen LogP contribution is 2.31. The van der Waals surface area contributed by atoms with Gasteiger partial charge in [0.15, 0.2) is 0 Å². The number of hydrogen-bond donors (Lipinski definition) is 2. The third kappa shape index (κ3) is 5.37. The predicted octanol–water partition coefficient (Wildman–Crippen LogP) is 6.17. The second-order valence-electron chi connectivity index (χ2n) is 7.70.